The van der Waals surface area contributed by atoms with Crippen LogP contribution in [0.1, 0.15) is 36.3 Å². The van der Waals surface area contributed by atoms with Crippen LogP contribution >= 0.6 is 0 Å². The first kappa shape index (κ1) is 15.6. The number of amides is 1. The highest BCUT2D eigenvalue weighted by Crippen LogP contribution is 2.41. The molecule has 0 aliphatic carbocycles. The Morgan fingerprint density at radius 2 is 2.12 bits per heavy atom. The third-order valence-corrected chi connectivity index (χ3v) is 5.14. The van der Waals surface area contributed by atoms with E-state index in [9.17, 15) is 4.79 Å². The second-order valence-corrected chi connectivity index (χ2v) is 6.66. The molecule has 1 aromatic heterocycles. The Kier molecular flexibility index (Phi) is 4.10. The molecule has 0 N–H and O–H groups in total. The summed E-state index contributed by atoms with van der Waals surface area (Å²) >= 11 is 0. The molecule has 0 spiro atoms. The third-order valence-electron chi connectivity index (χ3n) is 5.14. The van der Waals surface area contributed by atoms with Crippen LogP contribution in [0.15, 0.2) is 42.6 Å². The van der Waals surface area contributed by atoms with E-state index in [1.807, 2.05) is 17.0 Å². The molecule has 1 atom stereocenters. The van der Waals surface area contributed by atoms with E-state index in [1.54, 1.807) is 12.3 Å². The molecule has 126 valence electrons. The van der Waals surface area contributed by atoms with Crippen LogP contribution in [-0.4, -0.2) is 35.4 Å². The molecule has 0 saturated carbocycles. The van der Waals surface area contributed by atoms with Crippen LogP contribution in [0.5, 0.6) is 0 Å². The van der Waals surface area contributed by atoms with Crippen molar-refractivity contribution in [1.29, 1.82) is 5.26 Å². The van der Waals surface area contributed by atoms with E-state index >= 15 is 0 Å². The fourth-order valence-corrected chi connectivity index (χ4v) is 3.82. The van der Waals surface area contributed by atoms with Gasteiger partial charge in [-0.3, -0.25) is 4.79 Å². The number of benzene rings is 1. The van der Waals surface area contributed by atoms with Gasteiger partial charge in [-0.1, -0.05) is 18.2 Å². The number of likely N-dealkylation sites (tertiary alicyclic amines) is 1. The van der Waals surface area contributed by atoms with Gasteiger partial charge >= 0.3 is 0 Å². The Balaban J connectivity index is 1.54. The average molecular weight is 332 g/mol. The lowest BCUT2D eigenvalue weighted by atomic mass is 9.98. The summed E-state index contributed by atoms with van der Waals surface area (Å²) in [4.78, 5) is 20.5. The minimum Gasteiger partial charge on any atom is -0.343 e. The number of fused-ring (bicyclic) bond motifs is 1. The van der Waals surface area contributed by atoms with E-state index in [0.717, 1.165) is 38.3 Å². The Morgan fingerprint density at radius 3 is 2.84 bits per heavy atom. The molecule has 1 saturated heterocycles. The molecule has 1 aromatic carbocycles. The SMILES string of the molecule is N#Cc1ccc(N2C[C@H](CCN3CCCC3=O)c3ccccc32)nc1. The van der Waals surface area contributed by atoms with Gasteiger partial charge in [0.2, 0.25) is 5.91 Å². The fraction of sp³-hybridized carbons (Fsp3) is 0.350. The number of rotatable bonds is 4. The van der Waals surface area contributed by atoms with Crippen molar-refractivity contribution in [3.63, 3.8) is 0 Å². The second-order valence-electron chi connectivity index (χ2n) is 6.66. The van der Waals surface area contributed by atoms with Crippen molar-refractivity contribution < 1.29 is 4.79 Å². The maximum atomic E-state index is 11.9. The van der Waals surface area contributed by atoms with Crippen molar-refractivity contribution in [1.82, 2.24) is 9.88 Å². The van der Waals surface area contributed by atoms with Crippen LogP contribution in [0.25, 0.3) is 0 Å². The maximum Gasteiger partial charge on any atom is 0.222 e. The van der Waals surface area contributed by atoms with Gasteiger partial charge in [0.05, 0.1) is 5.56 Å². The summed E-state index contributed by atoms with van der Waals surface area (Å²) in [5.74, 6) is 1.55. The minimum absolute atomic E-state index is 0.289. The van der Waals surface area contributed by atoms with Gasteiger partial charge in [-0.2, -0.15) is 5.26 Å². The van der Waals surface area contributed by atoms with E-state index in [-0.39, 0.29) is 5.91 Å². The number of hydrogen-bond acceptors (Lipinski definition) is 4. The first-order valence-electron chi connectivity index (χ1n) is 8.76. The molecule has 4 rings (SSSR count). The van der Waals surface area contributed by atoms with Crippen molar-refractivity contribution in [2.45, 2.75) is 25.2 Å². The summed E-state index contributed by atoms with van der Waals surface area (Å²) in [6, 6.07) is 14.2. The number of carbonyl (C=O) groups excluding carboxylic acids is 1. The number of pyridine rings is 1. The predicted octanol–water partition coefficient (Wildman–Crippen LogP) is 3.20. The summed E-state index contributed by atoms with van der Waals surface area (Å²) in [7, 11) is 0. The number of carbonyl (C=O) groups is 1. The maximum absolute atomic E-state index is 11.9. The molecule has 5 nitrogen and oxygen atoms in total. The molecule has 1 fully saturated rings. The molecule has 2 aromatic rings. The van der Waals surface area contributed by atoms with Gasteiger partial charge in [0.25, 0.3) is 0 Å². The van der Waals surface area contributed by atoms with Crippen LogP contribution in [0, 0.1) is 11.3 Å². The van der Waals surface area contributed by atoms with Gasteiger partial charge in [-0.05, 0) is 36.6 Å². The smallest absolute Gasteiger partial charge is 0.222 e. The lowest BCUT2D eigenvalue weighted by molar-refractivity contribution is -0.127. The Bertz CT molecular complexity index is 824. The van der Waals surface area contributed by atoms with Crippen LogP contribution < -0.4 is 4.90 Å². The number of nitrogens with zero attached hydrogens (tertiary/aromatic N) is 4. The number of nitriles is 1. The highest BCUT2D eigenvalue weighted by Gasteiger charge is 2.31. The number of para-hydroxylation sites is 1. The lowest BCUT2D eigenvalue weighted by Gasteiger charge is -2.20. The van der Waals surface area contributed by atoms with Gasteiger partial charge in [0, 0.05) is 43.9 Å². The van der Waals surface area contributed by atoms with Crippen LogP contribution in [0.2, 0.25) is 0 Å². The van der Waals surface area contributed by atoms with Gasteiger partial charge in [0.15, 0.2) is 0 Å². The summed E-state index contributed by atoms with van der Waals surface area (Å²) in [6.07, 6.45) is 4.27. The molecular weight excluding hydrogens is 312 g/mol. The highest BCUT2D eigenvalue weighted by molar-refractivity contribution is 5.78. The quantitative estimate of drug-likeness (QED) is 0.862. The fourth-order valence-electron chi connectivity index (χ4n) is 3.82. The highest BCUT2D eigenvalue weighted by atomic mass is 16.2. The molecule has 2 aliphatic heterocycles. The minimum atomic E-state index is 0.289. The van der Waals surface area contributed by atoms with Crippen molar-refractivity contribution in [3.8, 4) is 6.07 Å². The summed E-state index contributed by atoms with van der Waals surface area (Å²) < 4.78 is 0. The van der Waals surface area contributed by atoms with E-state index < -0.39 is 0 Å². The number of anilines is 2. The molecule has 3 heterocycles. The number of aromatic nitrogens is 1. The van der Waals surface area contributed by atoms with E-state index in [2.05, 4.69) is 34.2 Å². The first-order valence-corrected chi connectivity index (χ1v) is 8.76. The zero-order valence-corrected chi connectivity index (χ0v) is 14.1. The Labute approximate surface area is 147 Å². The van der Waals surface area contributed by atoms with E-state index in [1.165, 1.54) is 11.3 Å². The molecule has 2 aliphatic rings. The molecule has 1 amide bonds. The molecule has 0 unspecified atom stereocenters. The van der Waals surface area contributed by atoms with E-state index in [4.69, 9.17) is 5.26 Å². The van der Waals surface area contributed by atoms with E-state index in [0.29, 0.717) is 17.9 Å². The standard InChI is InChI=1S/C20H20N4O/c21-12-15-7-8-19(22-13-15)24-14-16(17-4-1-2-5-18(17)24)9-11-23-10-3-6-20(23)25/h1-2,4-5,7-8,13,16H,3,6,9-11,14H2/t16-/m0/s1. The molecule has 0 bridgehead atoms. The Morgan fingerprint density at radius 1 is 1.24 bits per heavy atom. The van der Waals surface area contributed by atoms with Gasteiger partial charge < -0.3 is 9.80 Å². The Hall–Kier alpha value is -2.87. The molecule has 0 radical (unpaired) electrons. The second kappa shape index (κ2) is 6.56. The monoisotopic (exact) mass is 332 g/mol. The summed E-state index contributed by atoms with van der Waals surface area (Å²) in [5, 5.41) is 8.95. The predicted molar refractivity (Wildman–Crippen MR) is 95.6 cm³/mol. The average Bonchev–Trinajstić information content (AvgIpc) is 3.23. The largest absolute Gasteiger partial charge is 0.343 e. The van der Waals surface area contributed by atoms with Crippen molar-refractivity contribution in [2.75, 3.05) is 24.5 Å². The zero-order valence-electron chi connectivity index (χ0n) is 14.1. The van der Waals surface area contributed by atoms with Crippen molar-refractivity contribution >= 4 is 17.4 Å². The molecule has 25 heavy (non-hydrogen) atoms. The summed E-state index contributed by atoms with van der Waals surface area (Å²) in [5.41, 5.74) is 3.07. The zero-order chi connectivity index (χ0) is 17.2. The summed E-state index contributed by atoms with van der Waals surface area (Å²) in [6.45, 7) is 2.58. The van der Waals surface area contributed by atoms with Gasteiger partial charge in [-0.25, -0.2) is 4.98 Å². The van der Waals surface area contributed by atoms with Crippen LogP contribution in [0.3, 0.4) is 0 Å². The van der Waals surface area contributed by atoms with Crippen molar-refractivity contribution in [2.24, 2.45) is 0 Å². The van der Waals surface area contributed by atoms with Crippen molar-refractivity contribution in [3.05, 3.63) is 53.7 Å². The van der Waals surface area contributed by atoms with Crippen LogP contribution in [0.4, 0.5) is 11.5 Å². The topological polar surface area (TPSA) is 60.2 Å². The first-order chi connectivity index (χ1) is 12.3. The molecule has 5 heteroatoms. The molecular formula is C20H20N4O. The van der Waals surface area contributed by atoms with Gasteiger partial charge in [0.1, 0.15) is 11.9 Å². The number of hydrogen-bond donors (Lipinski definition) is 0. The third kappa shape index (κ3) is 2.96. The van der Waals surface area contributed by atoms with Gasteiger partial charge in [-0.15, -0.1) is 0 Å². The van der Waals surface area contributed by atoms with Crippen LogP contribution in [-0.2, 0) is 4.79 Å². The normalized spacial score (nSPS) is 19.2. The lowest BCUT2D eigenvalue weighted by Crippen LogP contribution is -2.27.